The van der Waals surface area contributed by atoms with Gasteiger partial charge in [0.1, 0.15) is 0 Å². The van der Waals surface area contributed by atoms with Crippen LogP contribution in [0.2, 0.25) is 0 Å². The number of carbonyl (C=O) groups is 1. The Hall–Kier alpha value is -2.91. The van der Waals surface area contributed by atoms with Crippen molar-refractivity contribution in [3.05, 3.63) is 46.7 Å². The van der Waals surface area contributed by atoms with E-state index in [1.165, 1.54) is 10.4 Å². The van der Waals surface area contributed by atoms with Crippen LogP contribution in [-0.2, 0) is 17.8 Å². The van der Waals surface area contributed by atoms with Gasteiger partial charge in [0.05, 0.1) is 4.88 Å². The molecule has 1 fully saturated rings. The van der Waals surface area contributed by atoms with Crippen LogP contribution in [0, 0.1) is 6.92 Å². The molecule has 0 N–H and O–H groups in total. The molecule has 1 amide bonds. The van der Waals surface area contributed by atoms with Crippen LogP contribution < -0.4 is 9.47 Å². The summed E-state index contributed by atoms with van der Waals surface area (Å²) >= 11 is 1.62. The Bertz CT molecular complexity index is 1070. The van der Waals surface area contributed by atoms with Crippen molar-refractivity contribution in [1.29, 1.82) is 0 Å². The Morgan fingerprint density at radius 2 is 1.90 bits per heavy atom. The standard InChI is InChI=1S/C22H24N4O4S/c1-15-2-5-19(31-15)22-24-23-20(30-22)6-7-21(27)26-10-8-25(9-11-26)13-16-3-4-17-18(12-16)29-14-28-17/h2-5,12H,6-11,13-14H2,1H3. The first-order chi connectivity index (χ1) is 15.1. The molecule has 0 unspecified atom stereocenters. The molecule has 2 aliphatic rings. The van der Waals surface area contributed by atoms with E-state index in [1.54, 1.807) is 11.3 Å². The molecule has 9 heteroatoms. The lowest BCUT2D eigenvalue weighted by molar-refractivity contribution is -0.133. The van der Waals surface area contributed by atoms with E-state index in [1.807, 2.05) is 36.1 Å². The van der Waals surface area contributed by atoms with Gasteiger partial charge in [-0.05, 0) is 36.8 Å². The second-order valence-electron chi connectivity index (χ2n) is 7.76. The summed E-state index contributed by atoms with van der Waals surface area (Å²) in [6.45, 7) is 6.33. The lowest BCUT2D eigenvalue weighted by atomic mass is 10.1. The van der Waals surface area contributed by atoms with Crippen molar-refractivity contribution in [3.8, 4) is 22.3 Å². The highest BCUT2D eigenvalue weighted by atomic mass is 32.1. The second kappa shape index (κ2) is 8.68. The van der Waals surface area contributed by atoms with Crippen molar-refractivity contribution in [3.63, 3.8) is 0 Å². The highest BCUT2D eigenvalue weighted by Crippen LogP contribution is 2.33. The van der Waals surface area contributed by atoms with Crippen LogP contribution in [0.15, 0.2) is 34.7 Å². The first kappa shape index (κ1) is 20.0. The lowest BCUT2D eigenvalue weighted by Gasteiger charge is -2.34. The van der Waals surface area contributed by atoms with Crippen LogP contribution in [0.25, 0.3) is 10.8 Å². The number of amides is 1. The predicted octanol–water partition coefficient (Wildman–Crippen LogP) is 3.11. The van der Waals surface area contributed by atoms with Gasteiger partial charge in [-0.15, -0.1) is 21.5 Å². The van der Waals surface area contributed by atoms with Crippen molar-refractivity contribution in [2.75, 3.05) is 33.0 Å². The highest BCUT2D eigenvalue weighted by molar-refractivity contribution is 7.15. The molecule has 0 atom stereocenters. The molecule has 1 aromatic carbocycles. The minimum Gasteiger partial charge on any atom is -0.454 e. The van der Waals surface area contributed by atoms with Gasteiger partial charge in [0.25, 0.3) is 5.89 Å². The summed E-state index contributed by atoms with van der Waals surface area (Å²) in [5, 5.41) is 8.20. The van der Waals surface area contributed by atoms with Crippen molar-refractivity contribution in [1.82, 2.24) is 20.0 Å². The average molecular weight is 441 g/mol. The smallest absolute Gasteiger partial charge is 0.257 e. The molecule has 4 heterocycles. The highest BCUT2D eigenvalue weighted by Gasteiger charge is 2.22. The minimum atomic E-state index is 0.134. The molecular formula is C22H24N4O4S. The summed E-state index contributed by atoms with van der Waals surface area (Å²) in [5.74, 6) is 2.78. The summed E-state index contributed by atoms with van der Waals surface area (Å²) in [7, 11) is 0. The summed E-state index contributed by atoms with van der Waals surface area (Å²) < 4.78 is 16.6. The van der Waals surface area contributed by atoms with Gasteiger partial charge in [-0.2, -0.15) is 0 Å². The molecule has 3 aromatic rings. The van der Waals surface area contributed by atoms with Gasteiger partial charge in [0.15, 0.2) is 11.5 Å². The first-order valence-corrected chi connectivity index (χ1v) is 11.2. The zero-order valence-corrected chi connectivity index (χ0v) is 18.2. The predicted molar refractivity (Wildman–Crippen MR) is 115 cm³/mol. The third-order valence-corrected chi connectivity index (χ3v) is 6.53. The number of rotatable bonds is 6. The van der Waals surface area contributed by atoms with E-state index in [0.29, 0.717) is 24.6 Å². The summed E-state index contributed by atoms with van der Waals surface area (Å²) in [6, 6.07) is 10.1. The van der Waals surface area contributed by atoms with Crippen molar-refractivity contribution < 1.29 is 18.7 Å². The maximum absolute atomic E-state index is 12.6. The molecule has 0 aliphatic carbocycles. The Morgan fingerprint density at radius 3 is 2.71 bits per heavy atom. The Morgan fingerprint density at radius 1 is 1.06 bits per heavy atom. The molecule has 5 rings (SSSR count). The molecule has 2 aromatic heterocycles. The molecule has 0 radical (unpaired) electrons. The third-order valence-electron chi connectivity index (χ3n) is 5.54. The largest absolute Gasteiger partial charge is 0.454 e. The number of ether oxygens (including phenoxy) is 2. The van der Waals surface area contributed by atoms with Gasteiger partial charge in [-0.25, -0.2) is 0 Å². The number of piperazine rings is 1. The second-order valence-corrected chi connectivity index (χ2v) is 9.04. The monoisotopic (exact) mass is 440 g/mol. The number of aromatic nitrogens is 2. The van der Waals surface area contributed by atoms with E-state index in [0.717, 1.165) is 49.1 Å². The van der Waals surface area contributed by atoms with E-state index in [9.17, 15) is 4.79 Å². The van der Waals surface area contributed by atoms with Gasteiger partial charge >= 0.3 is 0 Å². The fraction of sp³-hybridized carbons (Fsp3) is 0.409. The van der Waals surface area contributed by atoms with Crippen molar-refractivity contribution >= 4 is 17.2 Å². The number of fused-ring (bicyclic) bond motifs is 1. The minimum absolute atomic E-state index is 0.134. The Balaban J connectivity index is 1.08. The number of carbonyl (C=O) groups excluding carboxylic acids is 1. The van der Waals surface area contributed by atoms with Crippen LogP contribution in [-0.4, -0.2) is 58.9 Å². The molecule has 0 spiro atoms. The first-order valence-electron chi connectivity index (χ1n) is 10.4. The number of benzene rings is 1. The zero-order valence-electron chi connectivity index (χ0n) is 17.4. The van der Waals surface area contributed by atoms with Gasteiger partial charge in [-0.3, -0.25) is 9.69 Å². The fourth-order valence-corrected chi connectivity index (χ4v) is 4.62. The van der Waals surface area contributed by atoms with E-state index in [-0.39, 0.29) is 12.7 Å². The Labute approximate surface area is 184 Å². The van der Waals surface area contributed by atoms with E-state index < -0.39 is 0 Å². The van der Waals surface area contributed by atoms with Gasteiger partial charge in [0, 0.05) is 50.4 Å². The lowest BCUT2D eigenvalue weighted by Crippen LogP contribution is -2.48. The van der Waals surface area contributed by atoms with Crippen molar-refractivity contribution in [2.45, 2.75) is 26.3 Å². The van der Waals surface area contributed by atoms with Crippen molar-refractivity contribution in [2.24, 2.45) is 0 Å². The Kier molecular flexibility index (Phi) is 5.61. The van der Waals surface area contributed by atoms with Crippen LogP contribution in [0.5, 0.6) is 11.5 Å². The molecule has 31 heavy (non-hydrogen) atoms. The van der Waals surface area contributed by atoms with Crippen LogP contribution >= 0.6 is 11.3 Å². The number of hydrogen-bond donors (Lipinski definition) is 0. The molecular weight excluding hydrogens is 416 g/mol. The maximum Gasteiger partial charge on any atom is 0.257 e. The van der Waals surface area contributed by atoms with E-state index >= 15 is 0 Å². The number of nitrogens with zero attached hydrogens (tertiary/aromatic N) is 4. The number of hydrogen-bond acceptors (Lipinski definition) is 8. The van der Waals surface area contributed by atoms with Crippen LogP contribution in [0.4, 0.5) is 0 Å². The molecule has 2 aliphatic heterocycles. The third kappa shape index (κ3) is 4.57. The maximum atomic E-state index is 12.6. The molecule has 0 saturated carbocycles. The summed E-state index contributed by atoms with van der Waals surface area (Å²) in [6.07, 6.45) is 0.848. The normalized spacial score (nSPS) is 16.1. The SMILES string of the molecule is Cc1ccc(-c2nnc(CCC(=O)N3CCN(Cc4ccc5c(c4)OCO5)CC3)o2)s1. The van der Waals surface area contributed by atoms with Gasteiger partial charge in [-0.1, -0.05) is 6.07 Å². The molecule has 8 nitrogen and oxygen atoms in total. The van der Waals surface area contributed by atoms with Crippen LogP contribution in [0.3, 0.4) is 0 Å². The topological polar surface area (TPSA) is 80.9 Å². The van der Waals surface area contributed by atoms with Gasteiger partial charge in [0.2, 0.25) is 18.6 Å². The number of thiophene rings is 1. The zero-order chi connectivity index (χ0) is 21.2. The van der Waals surface area contributed by atoms with E-state index in [4.69, 9.17) is 13.9 Å². The quantitative estimate of drug-likeness (QED) is 0.583. The average Bonchev–Trinajstić information content (AvgIpc) is 3.53. The van der Waals surface area contributed by atoms with Gasteiger partial charge < -0.3 is 18.8 Å². The fourth-order valence-electron chi connectivity index (χ4n) is 3.83. The molecule has 0 bridgehead atoms. The molecule has 162 valence electrons. The summed E-state index contributed by atoms with van der Waals surface area (Å²) in [4.78, 5) is 19.1. The molecule has 1 saturated heterocycles. The van der Waals surface area contributed by atoms with E-state index in [2.05, 4.69) is 21.2 Å². The number of aryl methyl sites for hydroxylation is 2. The summed E-state index contributed by atoms with van der Waals surface area (Å²) in [5.41, 5.74) is 1.19. The van der Waals surface area contributed by atoms with Crippen LogP contribution in [0.1, 0.15) is 22.8 Å².